The summed E-state index contributed by atoms with van der Waals surface area (Å²) in [7, 11) is 0. The van der Waals surface area contributed by atoms with E-state index in [1.165, 1.54) is 12.1 Å². The quantitative estimate of drug-likeness (QED) is 0.923. The zero-order valence-corrected chi connectivity index (χ0v) is 12.6. The predicted molar refractivity (Wildman–Crippen MR) is 81.2 cm³/mol. The van der Waals surface area contributed by atoms with E-state index in [0.29, 0.717) is 23.5 Å². The van der Waals surface area contributed by atoms with E-state index in [0.717, 1.165) is 32.6 Å². The summed E-state index contributed by atoms with van der Waals surface area (Å²) in [5.74, 6) is 0.388. The molecule has 0 amide bonds. The molecule has 3 rings (SSSR count). The van der Waals surface area contributed by atoms with Crippen LogP contribution in [-0.4, -0.2) is 36.1 Å². The van der Waals surface area contributed by atoms with Gasteiger partial charge in [-0.15, -0.1) is 24.8 Å². The predicted octanol–water partition coefficient (Wildman–Crippen LogP) is 2.61. The summed E-state index contributed by atoms with van der Waals surface area (Å²) >= 11 is 0. The highest BCUT2D eigenvalue weighted by molar-refractivity contribution is 5.85. The molecular formula is C13H18Cl2FN3O. The van der Waals surface area contributed by atoms with Crippen LogP contribution in [0.3, 0.4) is 0 Å². The first-order chi connectivity index (χ1) is 8.81. The third kappa shape index (κ3) is 4.06. The Bertz CT molecular complexity index is 541. The molecule has 0 unspecified atom stereocenters. The van der Waals surface area contributed by atoms with Gasteiger partial charge in [-0.2, -0.15) is 0 Å². The highest BCUT2D eigenvalue weighted by atomic mass is 35.5. The van der Waals surface area contributed by atoms with Crippen molar-refractivity contribution in [3.05, 3.63) is 29.9 Å². The molecule has 1 N–H and O–H groups in total. The van der Waals surface area contributed by atoms with Gasteiger partial charge in [0.1, 0.15) is 11.3 Å². The van der Waals surface area contributed by atoms with Crippen LogP contribution in [0.5, 0.6) is 0 Å². The molecule has 2 aromatic rings. The number of fused-ring (bicyclic) bond motifs is 1. The van der Waals surface area contributed by atoms with Crippen LogP contribution in [0.4, 0.5) is 4.39 Å². The zero-order valence-electron chi connectivity index (χ0n) is 11.0. The Balaban J connectivity index is 0.000001000. The van der Waals surface area contributed by atoms with Crippen molar-refractivity contribution in [2.75, 3.05) is 26.2 Å². The molecule has 1 fully saturated rings. The van der Waals surface area contributed by atoms with Crippen LogP contribution < -0.4 is 5.32 Å². The molecular weight excluding hydrogens is 304 g/mol. The molecule has 1 aromatic heterocycles. The molecule has 20 heavy (non-hydrogen) atoms. The van der Waals surface area contributed by atoms with Gasteiger partial charge in [0, 0.05) is 19.2 Å². The largest absolute Gasteiger partial charge is 0.439 e. The van der Waals surface area contributed by atoms with Gasteiger partial charge in [0.05, 0.1) is 6.54 Å². The summed E-state index contributed by atoms with van der Waals surface area (Å²) in [6, 6.07) is 4.44. The Hall–Kier alpha value is -0.880. The standard InChI is InChI=1S/C13H16FN3O.2ClH/c14-10-2-3-12-11(8-10)16-13(18-12)9-17-6-1-4-15-5-7-17;;/h2-3,8,15H,1,4-7,9H2;2*1H. The number of hydrogen-bond acceptors (Lipinski definition) is 4. The van der Waals surface area contributed by atoms with Crippen molar-refractivity contribution < 1.29 is 8.81 Å². The Kier molecular flexibility index (Phi) is 6.68. The van der Waals surface area contributed by atoms with Gasteiger partial charge in [0.25, 0.3) is 0 Å². The van der Waals surface area contributed by atoms with E-state index in [4.69, 9.17) is 4.42 Å². The fourth-order valence-electron chi connectivity index (χ4n) is 2.27. The maximum Gasteiger partial charge on any atom is 0.209 e. The van der Waals surface area contributed by atoms with Crippen LogP contribution >= 0.6 is 24.8 Å². The van der Waals surface area contributed by atoms with E-state index < -0.39 is 0 Å². The molecule has 0 bridgehead atoms. The molecule has 1 aliphatic heterocycles. The van der Waals surface area contributed by atoms with Gasteiger partial charge in [-0.1, -0.05) is 0 Å². The van der Waals surface area contributed by atoms with Crippen LogP contribution in [0.25, 0.3) is 11.1 Å². The molecule has 1 aromatic carbocycles. The second-order valence-electron chi connectivity index (χ2n) is 4.60. The first-order valence-electron chi connectivity index (χ1n) is 6.29. The second kappa shape index (κ2) is 7.78. The fourth-order valence-corrected chi connectivity index (χ4v) is 2.27. The lowest BCUT2D eigenvalue weighted by Crippen LogP contribution is -2.27. The number of nitrogens with one attached hydrogen (secondary N) is 1. The lowest BCUT2D eigenvalue weighted by atomic mass is 10.3. The van der Waals surface area contributed by atoms with Crippen molar-refractivity contribution in [1.82, 2.24) is 15.2 Å². The minimum absolute atomic E-state index is 0. The van der Waals surface area contributed by atoms with Crippen molar-refractivity contribution in [2.24, 2.45) is 0 Å². The van der Waals surface area contributed by atoms with Gasteiger partial charge in [-0.25, -0.2) is 9.37 Å². The van der Waals surface area contributed by atoms with Gasteiger partial charge in [-0.3, -0.25) is 4.90 Å². The van der Waals surface area contributed by atoms with Gasteiger partial charge in [0.2, 0.25) is 5.89 Å². The fraction of sp³-hybridized carbons (Fsp3) is 0.462. The topological polar surface area (TPSA) is 41.3 Å². The van der Waals surface area contributed by atoms with Crippen LogP contribution in [0.2, 0.25) is 0 Å². The van der Waals surface area contributed by atoms with Crippen LogP contribution in [0.15, 0.2) is 22.6 Å². The number of hydrogen-bond donors (Lipinski definition) is 1. The lowest BCUT2D eigenvalue weighted by molar-refractivity contribution is 0.257. The SMILES string of the molecule is Cl.Cl.Fc1ccc2oc(CN3CCCNCC3)nc2c1. The Labute approximate surface area is 129 Å². The highest BCUT2D eigenvalue weighted by Crippen LogP contribution is 2.17. The molecule has 1 saturated heterocycles. The first kappa shape index (κ1) is 17.2. The third-order valence-electron chi connectivity index (χ3n) is 3.19. The van der Waals surface area contributed by atoms with Crippen LogP contribution in [0.1, 0.15) is 12.3 Å². The average Bonchev–Trinajstić information content (AvgIpc) is 2.57. The minimum atomic E-state index is -0.277. The highest BCUT2D eigenvalue weighted by Gasteiger charge is 2.13. The lowest BCUT2D eigenvalue weighted by Gasteiger charge is -2.16. The summed E-state index contributed by atoms with van der Waals surface area (Å²) in [5.41, 5.74) is 1.25. The average molecular weight is 322 g/mol. The number of nitrogens with zero attached hydrogens (tertiary/aromatic N) is 2. The third-order valence-corrected chi connectivity index (χ3v) is 3.19. The molecule has 2 heterocycles. The summed E-state index contributed by atoms with van der Waals surface area (Å²) in [6.45, 7) is 4.79. The van der Waals surface area contributed by atoms with Crippen LogP contribution in [-0.2, 0) is 6.54 Å². The van der Waals surface area contributed by atoms with E-state index in [9.17, 15) is 4.39 Å². The summed E-state index contributed by atoms with van der Waals surface area (Å²) in [6.07, 6.45) is 1.13. The summed E-state index contributed by atoms with van der Waals surface area (Å²) in [5, 5.41) is 3.35. The molecule has 7 heteroatoms. The van der Waals surface area contributed by atoms with Crippen molar-refractivity contribution >= 4 is 35.9 Å². The van der Waals surface area contributed by atoms with E-state index in [1.807, 2.05) is 0 Å². The monoisotopic (exact) mass is 321 g/mol. The van der Waals surface area contributed by atoms with Crippen molar-refractivity contribution in [1.29, 1.82) is 0 Å². The molecule has 0 aliphatic carbocycles. The summed E-state index contributed by atoms with van der Waals surface area (Å²) in [4.78, 5) is 6.64. The van der Waals surface area contributed by atoms with Crippen molar-refractivity contribution in [3.8, 4) is 0 Å². The van der Waals surface area contributed by atoms with E-state index in [2.05, 4.69) is 15.2 Å². The molecule has 112 valence electrons. The molecule has 1 aliphatic rings. The van der Waals surface area contributed by atoms with E-state index in [-0.39, 0.29) is 30.6 Å². The first-order valence-corrected chi connectivity index (χ1v) is 6.29. The molecule has 0 atom stereocenters. The Morgan fingerprint density at radius 3 is 2.95 bits per heavy atom. The normalized spacial score (nSPS) is 16.2. The second-order valence-corrected chi connectivity index (χ2v) is 4.60. The zero-order chi connectivity index (χ0) is 12.4. The molecule has 0 radical (unpaired) electrons. The number of rotatable bonds is 2. The maximum atomic E-state index is 13.1. The Morgan fingerprint density at radius 2 is 2.10 bits per heavy atom. The van der Waals surface area contributed by atoms with Crippen molar-refractivity contribution in [2.45, 2.75) is 13.0 Å². The van der Waals surface area contributed by atoms with Gasteiger partial charge >= 0.3 is 0 Å². The number of aromatic nitrogens is 1. The number of benzene rings is 1. The van der Waals surface area contributed by atoms with Crippen molar-refractivity contribution in [3.63, 3.8) is 0 Å². The van der Waals surface area contributed by atoms with Gasteiger partial charge in [-0.05, 0) is 31.6 Å². The molecule has 0 saturated carbocycles. The smallest absolute Gasteiger partial charge is 0.209 e. The summed E-state index contributed by atoms with van der Waals surface area (Å²) < 4.78 is 18.7. The molecule has 4 nitrogen and oxygen atoms in total. The Morgan fingerprint density at radius 1 is 1.25 bits per heavy atom. The number of oxazole rings is 1. The van der Waals surface area contributed by atoms with E-state index in [1.54, 1.807) is 6.07 Å². The van der Waals surface area contributed by atoms with E-state index >= 15 is 0 Å². The maximum absolute atomic E-state index is 13.1. The van der Waals surface area contributed by atoms with Gasteiger partial charge < -0.3 is 9.73 Å². The number of halogens is 3. The van der Waals surface area contributed by atoms with Gasteiger partial charge in [0.15, 0.2) is 5.58 Å². The minimum Gasteiger partial charge on any atom is -0.439 e. The molecule has 0 spiro atoms. The van der Waals surface area contributed by atoms with Crippen LogP contribution in [0, 0.1) is 5.82 Å².